The summed E-state index contributed by atoms with van der Waals surface area (Å²) in [6.07, 6.45) is 5.59. The minimum absolute atomic E-state index is 0.194. The Labute approximate surface area is 74.4 Å². The molecule has 0 aromatic carbocycles. The molecule has 2 N–H and O–H groups in total. The van der Waals surface area contributed by atoms with E-state index in [0.29, 0.717) is 0 Å². The van der Waals surface area contributed by atoms with Crippen LogP contribution in [-0.4, -0.2) is 18.0 Å². The first kappa shape index (κ1) is 8.30. The van der Waals surface area contributed by atoms with Crippen molar-refractivity contribution in [3.63, 3.8) is 0 Å². The van der Waals surface area contributed by atoms with Crippen LogP contribution in [0.3, 0.4) is 0 Å². The van der Waals surface area contributed by atoms with Gasteiger partial charge in [0.1, 0.15) is 10.6 Å². The molecule has 0 aliphatic carbocycles. The number of hydrogen-bond acceptors (Lipinski definition) is 5. The number of nitrogens with one attached hydrogen (secondary N) is 1. The van der Waals surface area contributed by atoms with Crippen LogP contribution in [0.2, 0.25) is 0 Å². The smallest absolute Gasteiger partial charge is 0.282 e. The Kier molecular flexibility index (Phi) is 1.65. The summed E-state index contributed by atoms with van der Waals surface area (Å²) in [5, 5.41) is 1.20. The van der Waals surface area contributed by atoms with Gasteiger partial charge in [0, 0.05) is 6.20 Å². The van der Waals surface area contributed by atoms with E-state index >= 15 is 0 Å². The monoisotopic (exact) mass is 202 g/mol. The van der Waals surface area contributed by atoms with Gasteiger partial charge in [0.2, 0.25) is 0 Å². The van der Waals surface area contributed by atoms with Gasteiger partial charge in [-0.3, -0.25) is 4.55 Å². The molecule has 2 aliphatic rings. The van der Waals surface area contributed by atoms with Crippen LogP contribution in [0.25, 0.3) is 0 Å². The standard InChI is InChI=1S/C6H6N2O4S/c9-13(10,11)6-2-1-3-8-5(6)4-7-12-8/h1-4,7H,(H,9,10,11). The van der Waals surface area contributed by atoms with Crippen LogP contribution in [0.4, 0.5) is 0 Å². The van der Waals surface area contributed by atoms with Gasteiger partial charge in [0.25, 0.3) is 10.1 Å². The summed E-state index contributed by atoms with van der Waals surface area (Å²) in [6.45, 7) is 0. The topological polar surface area (TPSA) is 78.9 Å². The summed E-state index contributed by atoms with van der Waals surface area (Å²) in [5.41, 5.74) is 2.62. The average molecular weight is 202 g/mol. The Morgan fingerprint density at radius 3 is 3.00 bits per heavy atom. The van der Waals surface area contributed by atoms with Crippen molar-refractivity contribution in [3.8, 4) is 0 Å². The SMILES string of the molecule is O=S(=O)(O)C1=CC=CN2ONC=C12. The van der Waals surface area contributed by atoms with Crippen molar-refractivity contribution in [2.75, 3.05) is 0 Å². The van der Waals surface area contributed by atoms with Crippen molar-refractivity contribution in [2.24, 2.45) is 0 Å². The zero-order chi connectivity index (χ0) is 9.47. The first-order chi connectivity index (χ1) is 6.09. The first-order valence-corrected chi connectivity index (χ1v) is 4.81. The fourth-order valence-corrected chi connectivity index (χ4v) is 1.72. The van der Waals surface area contributed by atoms with Crippen molar-refractivity contribution in [1.29, 1.82) is 0 Å². The van der Waals surface area contributed by atoms with Crippen LogP contribution >= 0.6 is 0 Å². The summed E-state index contributed by atoms with van der Waals surface area (Å²) in [4.78, 5) is 4.58. The predicted molar refractivity (Wildman–Crippen MR) is 42.9 cm³/mol. The average Bonchev–Trinajstić information content (AvgIpc) is 2.48. The fraction of sp³-hybridized carbons (Fsp3) is 0. The predicted octanol–water partition coefficient (Wildman–Crippen LogP) is -0.121. The van der Waals surface area contributed by atoms with Gasteiger partial charge in [0.05, 0.1) is 6.20 Å². The van der Waals surface area contributed by atoms with Crippen molar-refractivity contribution in [1.82, 2.24) is 10.5 Å². The molecule has 0 spiro atoms. The quantitative estimate of drug-likeness (QED) is 0.577. The molecule has 0 saturated heterocycles. The lowest BCUT2D eigenvalue weighted by molar-refractivity contribution is -0.112. The van der Waals surface area contributed by atoms with Gasteiger partial charge in [-0.25, -0.2) is 10.5 Å². The summed E-state index contributed by atoms with van der Waals surface area (Å²) in [7, 11) is -4.20. The fourth-order valence-electron chi connectivity index (χ4n) is 1.05. The molecule has 0 aromatic heterocycles. The van der Waals surface area contributed by atoms with Gasteiger partial charge in [-0.2, -0.15) is 13.4 Å². The molecule has 0 radical (unpaired) electrons. The van der Waals surface area contributed by atoms with Gasteiger partial charge < -0.3 is 0 Å². The molecule has 0 fully saturated rings. The maximum atomic E-state index is 10.8. The van der Waals surface area contributed by atoms with E-state index in [4.69, 9.17) is 9.49 Å². The maximum Gasteiger partial charge on any atom is 0.296 e. The zero-order valence-electron chi connectivity index (χ0n) is 6.34. The minimum atomic E-state index is -4.20. The van der Waals surface area contributed by atoms with E-state index in [1.54, 1.807) is 0 Å². The Balaban J connectivity index is 2.49. The summed E-state index contributed by atoms with van der Waals surface area (Å²) in [5.74, 6) is 0. The lowest BCUT2D eigenvalue weighted by Crippen LogP contribution is -2.20. The molecule has 13 heavy (non-hydrogen) atoms. The van der Waals surface area contributed by atoms with E-state index in [1.807, 2.05) is 0 Å². The third-order valence-corrected chi connectivity index (χ3v) is 2.48. The molecule has 0 saturated carbocycles. The molecule has 0 aromatic rings. The molecule has 6 nitrogen and oxygen atoms in total. The second-order valence-corrected chi connectivity index (χ2v) is 3.80. The zero-order valence-corrected chi connectivity index (χ0v) is 7.15. The van der Waals surface area contributed by atoms with E-state index in [1.165, 1.54) is 29.6 Å². The summed E-state index contributed by atoms with van der Waals surface area (Å²) < 4.78 is 30.5. The first-order valence-electron chi connectivity index (χ1n) is 3.37. The normalized spacial score (nSPS) is 20.5. The number of fused-ring (bicyclic) bond motifs is 1. The molecular formula is C6H6N2O4S. The summed E-state index contributed by atoms with van der Waals surface area (Å²) in [6, 6.07) is 0. The third kappa shape index (κ3) is 1.32. The van der Waals surface area contributed by atoms with Gasteiger partial charge in [-0.1, -0.05) is 0 Å². The van der Waals surface area contributed by atoms with Crippen LogP contribution in [0.15, 0.2) is 35.2 Å². The number of hydroxylamine groups is 3. The second-order valence-electron chi connectivity index (χ2n) is 2.41. The molecule has 2 aliphatic heterocycles. The summed E-state index contributed by atoms with van der Waals surface area (Å²) >= 11 is 0. The molecule has 0 atom stereocenters. The lowest BCUT2D eigenvalue weighted by Gasteiger charge is -2.17. The largest absolute Gasteiger partial charge is 0.296 e. The van der Waals surface area contributed by atoms with Crippen LogP contribution in [-0.2, 0) is 15.1 Å². The highest BCUT2D eigenvalue weighted by molar-refractivity contribution is 7.90. The van der Waals surface area contributed by atoms with E-state index < -0.39 is 10.1 Å². The number of hydrogen-bond donors (Lipinski definition) is 2. The lowest BCUT2D eigenvalue weighted by atomic mass is 10.3. The maximum absolute atomic E-state index is 10.8. The van der Waals surface area contributed by atoms with E-state index in [9.17, 15) is 8.42 Å². The van der Waals surface area contributed by atoms with Gasteiger partial charge in [-0.15, -0.1) is 0 Å². The Bertz CT molecular complexity index is 420. The Morgan fingerprint density at radius 2 is 2.31 bits per heavy atom. The van der Waals surface area contributed by atoms with Crippen LogP contribution in [0.5, 0.6) is 0 Å². The number of allylic oxidation sites excluding steroid dienone is 2. The van der Waals surface area contributed by atoms with E-state index in [-0.39, 0.29) is 10.6 Å². The van der Waals surface area contributed by atoms with Gasteiger partial charge >= 0.3 is 0 Å². The Hall–Kier alpha value is -1.31. The number of nitrogens with zero attached hydrogens (tertiary/aromatic N) is 1. The molecule has 0 unspecified atom stereocenters. The molecule has 2 heterocycles. The molecule has 70 valence electrons. The van der Waals surface area contributed by atoms with Crippen molar-refractivity contribution in [2.45, 2.75) is 0 Å². The molecule has 7 heteroatoms. The van der Waals surface area contributed by atoms with E-state index in [0.717, 1.165) is 0 Å². The highest BCUT2D eigenvalue weighted by Gasteiger charge is 2.28. The highest BCUT2D eigenvalue weighted by atomic mass is 32.2. The van der Waals surface area contributed by atoms with Crippen LogP contribution < -0.4 is 5.48 Å². The minimum Gasteiger partial charge on any atom is -0.282 e. The van der Waals surface area contributed by atoms with Gasteiger partial charge in [0.15, 0.2) is 0 Å². The van der Waals surface area contributed by atoms with E-state index in [2.05, 4.69) is 5.48 Å². The third-order valence-electron chi connectivity index (χ3n) is 1.58. The Morgan fingerprint density at radius 1 is 1.54 bits per heavy atom. The van der Waals surface area contributed by atoms with Crippen molar-refractivity contribution < 1.29 is 17.9 Å². The molecule has 2 rings (SSSR count). The molecular weight excluding hydrogens is 196 g/mol. The van der Waals surface area contributed by atoms with Crippen molar-refractivity contribution >= 4 is 10.1 Å². The van der Waals surface area contributed by atoms with Crippen LogP contribution in [0, 0.1) is 0 Å². The highest BCUT2D eigenvalue weighted by Crippen LogP contribution is 2.26. The van der Waals surface area contributed by atoms with Crippen molar-refractivity contribution in [3.05, 3.63) is 35.2 Å². The second kappa shape index (κ2) is 2.59. The molecule has 0 bridgehead atoms. The van der Waals surface area contributed by atoms with Gasteiger partial charge in [-0.05, 0) is 12.2 Å². The molecule has 0 amide bonds. The van der Waals surface area contributed by atoms with Crippen LogP contribution in [0.1, 0.15) is 0 Å². The number of rotatable bonds is 1.